The quantitative estimate of drug-likeness (QED) is 0.857. The van der Waals surface area contributed by atoms with Gasteiger partial charge in [0.1, 0.15) is 0 Å². The number of ether oxygens (including phenoxy) is 2. The fourth-order valence-corrected chi connectivity index (χ4v) is 2.33. The van der Waals surface area contributed by atoms with Gasteiger partial charge in [0.25, 0.3) is 0 Å². The van der Waals surface area contributed by atoms with Crippen molar-refractivity contribution in [3.05, 3.63) is 23.8 Å². The summed E-state index contributed by atoms with van der Waals surface area (Å²) in [5.41, 5.74) is 7.29. The molecule has 4 heteroatoms. The standard InChI is InChI=1S/C15H26N2O2/c1-7-15(16,11(2)17(3)4)12-8-9-13(18-5)14(10-12)19-6/h8-11H,7,16H2,1-6H3. The third kappa shape index (κ3) is 3.01. The summed E-state index contributed by atoms with van der Waals surface area (Å²) in [6.07, 6.45) is 0.849. The van der Waals surface area contributed by atoms with E-state index in [2.05, 4.69) is 18.7 Å². The molecule has 108 valence electrons. The summed E-state index contributed by atoms with van der Waals surface area (Å²) in [6, 6.07) is 6.12. The Bertz CT molecular complexity index is 421. The van der Waals surface area contributed by atoms with Crippen LogP contribution >= 0.6 is 0 Å². The lowest BCUT2D eigenvalue weighted by Gasteiger charge is -2.39. The highest BCUT2D eigenvalue weighted by molar-refractivity contribution is 5.45. The number of hydrogen-bond acceptors (Lipinski definition) is 4. The van der Waals surface area contributed by atoms with E-state index in [4.69, 9.17) is 15.2 Å². The second-order valence-corrected chi connectivity index (χ2v) is 5.10. The summed E-state index contributed by atoms with van der Waals surface area (Å²) in [5.74, 6) is 1.44. The first-order valence-corrected chi connectivity index (χ1v) is 6.58. The van der Waals surface area contributed by atoms with Crippen LogP contribution in [0.15, 0.2) is 18.2 Å². The van der Waals surface area contributed by atoms with E-state index < -0.39 is 5.54 Å². The molecular weight excluding hydrogens is 240 g/mol. The van der Waals surface area contributed by atoms with Crippen molar-refractivity contribution in [3.8, 4) is 11.5 Å². The molecule has 0 aromatic heterocycles. The summed E-state index contributed by atoms with van der Waals surface area (Å²) in [6.45, 7) is 4.25. The summed E-state index contributed by atoms with van der Waals surface area (Å²) in [4.78, 5) is 2.14. The molecule has 1 rings (SSSR count). The van der Waals surface area contributed by atoms with Crippen molar-refractivity contribution in [3.63, 3.8) is 0 Å². The summed E-state index contributed by atoms with van der Waals surface area (Å²) in [5, 5.41) is 0. The number of nitrogens with zero attached hydrogens (tertiary/aromatic N) is 1. The van der Waals surface area contributed by atoms with Gasteiger partial charge in [-0.3, -0.25) is 0 Å². The van der Waals surface area contributed by atoms with Crippen LogP contribution in [0.5, 0.6) is 11.5 Å². The fourth-order valence-electron chi connectivity index (χ4n) is 2.33. The van der Waals surface area contributed by atoms with Crippen LogP contribution in [0.25, 0.3) is 0 Å². The number of hydrogen-bond donors (Lipinski definition) is 1. The largest absolute Gasteiger partial charge is 0.493 e. The van der Waals surface area contributed by atoms with Gasteiger partial charge in [-0.15, -0.1) is 0 Å². The van der Waals surface area contributed by atoms with Gasteiger partial charge in [-0.2, -0.15) is 0 Å². The third-order valence-corrected chi connectivity index (χ3v) is 4.03. The number of nitrogens with two attached hydrogens (primary N) is 1. The first-order valence-electron chi connectivity index (χ1n) is 6.58. The Balaban J connectivity index is 3.25. The molecule has 0 amide bonds. The van der Waals surface area contributed by atoms with Crippen molar-refractivity contribution >= 4 is 0 Å². The second-order valence-electron chi connectivity index (χ2n) is 5.10. The van der Waals surface area contributed by atoms with E-state index in [0.29, 0.717) is 5.75 Å². The topological polar surface area (TPSA) is 47.7 Å². The van der Waals surface area contributed by atoms with Crippen molar-refractivity contribution in [1.29, 1.82) is 0 Å². The number of likely N-dealkylation sites (N-methyl/N-ethyl adjacent to an activating group) is 1. The van der Waals surface area contributed by atoms with E-state index in [1.54, 1.807) is 14.2 Å². The van der Waals surface area contributed by atoms with Gasteiger partial charge < -0.3 is 20.1 Å². The minimum Gasteiger partial charge on any atom is -0.493 e. The van der Waals surface area contributed by atoms with E-state index in [0.717, 1.165) is 17.7 Å². The molecule has 0 heterocycles. The average molecular weight is 266 g/mol. The molecule has 0 aliphatic rings. The van der Waals surface area contributed by atoms with Crippen LogP contribution in [0, 0.1) is 0 Å². The Labute approximate surface area is 116 Å². The molecule has 0 bridgehead atoms. The lowest BCUT2D eigenvalue weighted by molar-refractivity contribution is 0.186. The van der Waals surface area contributed by atoms with Crippen molar-refractivity contribution in [1.82, 2.24) is 4.90 Å². The third-order valence-electron chi connectivity index (χ3n) is 4.03. The summed E-state index contributed by atoms with van der Waals surface area (Å²) < 4.78 is 10.6. The Morgan fingerprint density at radius 1 is 1.21 bits per heavy atom. The SMILES string of the molecule is CCC(N)(c1ccc(OC)c(OC)c1)C(C)N(C)C. The van der Waals surface area contributed by atoms with Gasteiger partial charge in [0.15, 0.2) is 11.5 Å². The Morgan fingerprint density at radius 2 is 1.79 bits per heavy atom. The highest BCUT2D eigenvalue weighted by Gasteiger charge is 2.34. The maximum absolute atomic E-state index is 6.64. The molecular formula is C15H26N2O2. The minimum atomic E-state index is -0.414. The van der Waals surface area contributed by atoms with Crippen LogP contribution in [-0.2, 0) is 5.54 Å². The maximum atomic E-state index is 6.64. The van der Waals surface area contributed by atoms with Crippen LogP contribution in [-0.4, -0.2) is 39.3 Å². The van der Waals surface area contributed by atoms with Crippen molar-refractivity contribution in [2.24, 2.45) is 5.73 Å². The first kappa shape index (κ1) is 15.8. The Hall–Kier alpha value is -1.26. The smallest absolute Gasteiger partial charge is 0.161 e. The molecule has 2 unspecified atom stereocenters. The van der Waals surface area contributed by atoms with Crippen LogP contribution in [0.1, 0.15) is 25.8 Å². The van der Waals surface area contributed by atoms with E-state index in [1.807, 2.05) is 32.3 Å². The predicted molar refractivity (Wildman–Crippen MR) is 78.9 cm³/mol. The molecule has 0 saturated heterocycles. The van der Waals surface area contributed by atoms with Crippen LogP contribution in [0.4, 0.5) is 0 Å². The maximum Gasteiger partial charge on any atom is 0.161 e. The van der Waals surface area contributed by atoms with Gasteiger partial charge in [0.2, 0.25) is 0 Å². The summed E-state index contributed by atoms with van der Waals surface area (Å²) in [7, 11) is 7.36. The van der Waals surface area contributed by atoms with Crippen LogP contribution in [0.3, 0.4) is 0 Å². The molecule has 1 aromatic carbocycles. The van der Waals surface area contributed by atoms with Gasteiger partial charge in [-0.05, 0) is 45.1 Å². The average Bonchev–Trinajstić information content (AvgIpc) is 2.44. The zero-order valence-electron chi connectivity index (χ0n) is 12.9. The predicted octanol–water partition coefficient (Wildman–Crippen LogP) is 2.22. The van der Waals surface area contributed by atoms with Crippen molar-refractivity contribution < 1.29 is 9.47 Å². The molecule has 0 fully saturated rings. The van der Waals surface area contributed by atoms with Gasteiger partial charge in [0, 0.05) is 6.04 Å². The van der Waals surface area contributed by atoms with Gasteiger partial charge in [-0.1, -0.05) is 13.0 Å². The van der Waals surface area contributed by atoms with Crippen molar-refractivity contribution in [2.75, 3.05) is 28.3 Å². The fraction of sp³-hybridized carbons (Fsp3) is 0.600. The van der Waals surface area contributed by atoms with Gasteiger partial charge >= 0.3 is 0 Å². The molecule has 19 heavy (non-hydrogen) atoms. The normalized spacial score (nSPS) is 16.0. The molecule has 0 radical (unpaired) electrons. The number of benzene rings is 1. The summed E-state index contributed by atoms with van der Waals surface area (Å²) >= 11 is 0. The highest BCUT2D eigenvalue weighted by Crippen LogP contribution is 2.35. The number of methoxy groups -OCH3 is 2. The molecule has 2 atom stereocenters. The van der Waals surface area contributed by atoms with Gasteiger partial charge in [-0.25, -0.2) is 0 Å². The molecule has 0 saturated carbocycles. The van der Waals surface area contributed by atoms with E-state index in [9.17, 15) is 0 Å². The minimum absolute atomic E-state index is 0.218. The van der Waals surface area contributed by atoms with E-state index in [1.165, 1.54) is 0 Å². The molecule has 0 spiro atoms. The Morgan fingerprint density at radius 3 is 2.21 bits per heavy atom. The highest BCUT2D eigenvalue weighted by atomic mass is 16.5. The second kappa shape index (κ2) is 6.26. The van der Waals surface area contributed by atoms with E-state index >= 15 is 0 Å². The lowest BCUT2D eigenvalue weighted by atomic mass is 9.81. The van der Waals surface area contributed by atoms with Crippen LogP contribution in [0.2, 0.25) is 0 Å². The molecule has 4 nitrogen and oxygen atoms in total. The first-order chi connectivity index (χ1) is 8.90. The zero-order chi connectivity index (χ0) is 14.6. The van der Waals surface area contributed by atoms with Gasteiger partial charge in [0.05, 0.1) is 19.8 Å². The Kier molecular flexibility index (Phi) is 5.20. The molecule has 2 N–H and O–H groups in total. The van der Waals surface area contributed by atoms with Crippen LogP contribution < -0.4 is 15.2 Å². The monoisotopic (exact) mass is 266 g/mol. The van der Waals surface area contributed by atoms with Crippen molar-refractivity contribution in [2.45, 2.75) is 31.8 Å². The lowest BCUT2D eigenvalue weighted by Crippen LogP contribution is -2.52. The van der Waals surface area contributed by atoms with E-state index in [-0.39, 0.29) is 6.04 Å². The molecule has 1 aromatic rings. The molecule has 0 aliphatic carbocycles. The number of rotatable bonds is 6. The zero-order valence-corrected chi connectivity index (χ0v) is 12.9. The molecule has 0 aliphatic heterocycles.